The van der Waals surface area contributed by atoms with E-state index in [4.69, 9.17) is 4.42 Å². The van der Waals surface area contributed by atoms with E-state index in [2.05, 4.69) is 22.2 Å². The highest BCUT2D eigenvalue weighted by Crippen LogP contribution is 2.25. The molecule has 1 N–H and O–H groups in total. The van der Waals surface area contributed by atoms with Gasteiger partial charge in [-0.25, -0.2) is 0 Å². The van der Waals surface area contributed by atoms with Crippen molar-refractivity contribution < 1.29 is 9.34 Å². The number of rotatable bonds is 6. The standard InChI is InChI=1S/C13H16N4O3/c1-16(9-2-3-9)7-6-14-13-15-11-8-10(17(18)19)4-5-12(11)20-13/h4-5,8-9H,2-3,6-7H2,1H3,(H,14,15). The summed E-state index contributed by atoms with van der Waals surface area (Å²) in [5.41, 5.74) is 1.07. The molecule has 1 aromatic heterocycles. The third kappa shape index (κ3) is 2.72. The first kappa shape index (κ1) is 12.9. The molecule has 7 nitrogen and oxygen atoms in total. The van der Waals surface area contributed by atoms with Crippen molar-refractivity contribution in [3.63, 3.8) is 0 Å². The average Bonchev–Trinajstić information content (AvgIpc) is 3.18. The zero-order valence-corrected chi connectivity index (χ0v) is 11.2. The number of benzene rings is 1. The molecular formula is C13H16N4O3. The summed E-state index contributed by atoms with van der Waals surface area (Å²) >= 11 is 0. The van der Waals surface area contributed by atoms with Crippen LogP contribution in [-0.4, -0.2) is 41.0 Å². The molecule has 7 heteroatoms. The predicted octanol–water partition coefficient (Wildman–Crippen LogP) is 2.24. The van der Waals surface area contributed by atoms with Gasteiger partial charge >= 0.3 is 0 Å². The number of nitrogens with one attached hydrogen (secondary N) is 1. The van der Waals surface area contributed by atoms with E-state index < -0.39 is 4.92 Å². The van der Waals surface area contributed by atoms with Gasteiger partial charge in [-0.2, -0.15) is 4.98 Å². The molecule has 0 unspecified atom stereocenters. The normalized spacial score (nSPS) is 14.9. The maximum Gasteiger partial charge on any atom is 0.295 e. The number of anilines is 1. The highest BCUT2D eigenvalue weighted by Gasteiger charge is 2.25. The van der Waals surface area contributed by atoms with Crippen LogP contribution in [0.25, 0.3) is 11.1 Å². The molecular weight excluding hydrogens is 260 g/mol. The van der Waals surface area contributed by atoms with Crippen LogP contribution >= 0.6 is 0 Å². The zero-order chi connectivity index (χ0) is 14.1. The number of nitro groups is 1. The lowest BCUT2D eigenvalue weighted by molar-refractivity contribution is -0.384. The first-order valence-electron chi connectivity index (χ1n) is 6.62. The van der Waals surface area contributed by atoms with Crippen molar-refractivity contribution in [1.29, 1.82) is 0 Å². The Morgan fingerprint density at radius 1 is 1.55 bits per heavy atom. The van der Waals surface area contributed by atoms with Crippen LogP contribution in [0.4, 0.5) is 11.7 Å². The first-order chi connectivity index (χ1) is 9.63. The van der Waals surface area contributed by atoms with E-state index in [1.807, 2.05) is 0 Å². The minimum atomic E-state index is -0.439. The van der Waals surface area contributed by atoms with Crippen molar-refractivity contribution in [3.8, 4) is 0 Å². The van der Waals surface area contributed by atoms with Crippen LogP contribution in [0, 0.1) is 10.1 Å². The van der Waals surface area contributed by atoms with Crippen molar-refractivity contribution in [2.45, 2.75) is 18.9 Å². The van der Waals surface area contributed by atoms with E-state index in [0.29, 0.717) is 17.1 Å². The van der Waals surface area contributed by atoms with Crippen LogP contribution in [0.15, 0.2) is 22.6 Å². The van der Waals surface area contributed by atoms with Crippen molar-refractivity contribution in [1.82, 2.24) is 9.88 Å². The molecule has 0 saturated heterocycles. The molecule has 0 spiro atoms. The van der Waals surface area contributed by atoms with Crippen LogP contribution in [0.3, 0.4) is 0 Å². The van der Waals surface area contributed by atoms with Crippen molar-refractivity contribution >= 4 is 22.8 Å². The molecule has 1 aliphatic rings. The summed E-state index contributed by atoms with van der Waals surface area (Å²) in [6, 6.07) is 5.54. The summed E-state index contributed by atoms with van der Waals surface area (Å²) in [5.74, 6) is 0. The van der Waals surface area contributed by atoms with Gasteiger partial charge in [0, 0.05) is 31.3 Å². The minimum absolute atomic E-state index is 0.0193. The topological polar surface area (TPSA) is 84.4 Å². The molecule has 20 heavy (non-hydrogen) atoms. The molecule has 0 amide bonds. The number of likely N-dealkylation sites (N-methyl/N-ethyl adjacent to an activating group) is 1. The van der Waals surface area contributed by atoms with Gasteiger partial charge in [0.25, 0.3) is 11.7 Å². The fraction of sp³-hybridized carbons (Fsp3) is 0.462. The second-order valence-electron chi connectivity index (χ2n) is 5.07. The lowest BCUT2D eigenvalue weighted by Crippen LogP contribution is -2.27. The van der Waals surface area contributed by atoms with E-state index in [1.54, 1.807) is 6.07 Å². The predicted molar refractivity (Wildman–Crippen MR) is 74.8 cm³/mol. The van der Waals surface area contributed by atoms with E-state index >= 15 is 0 Å². The number of nitro benzene ring substituents is 1. The number of hydrogen-bond acceptors (Lipinski definition) is 6. The largest absolute Gasteiger partial charge is 0.424 e. The van der Waals surface area contributed by atoms with Gasteiger partial charge in [0.2, 0.25) is 0 Å². The van der Waals surface area contributed by atoms with Gasteiger partial charge in [0.05, 0.1) is 4.92 Å². The summed E-state index contributed by atoms with van der Waals surface area (Å²) < 4.78 is 5.50. The molecule has 1 heterocycles. The molecule has 0 radical (unpaired) electrons. The van der Waals surface area contributed by atoms with Gasteiger partial charge in [0.15, 0.2) is 5.58 Å². The molecule has 0 aliphatic heterocycles. The highest BCUT2D eigenvalue weighted by atomic mass is 16.6. The summed E-state index contributed by atoms with van der Waals surface area (Å²) in [6.07, 6.45) is 2.56. The number of fused-ring (bicyclic) bond motifs is 1. The van der Waals surface area contributed by atoms with Crippen LogP contribution in [-0.2, 0) is 0 Å². The SMILES string of the molecule is CN(CCNc1nc2cc([N+](=O)[O-])ccc2o1)C1CC1. The van der Waals surface area contributed by atoms with Crippen LogP contribution in [0.5, 0.6) is 0 Å². The van der Waals surface area contributed by atoms with Gasteiger partial charge in [0.1, 0.15) is 5.52 Å². The Bertz CT molecular complexity index is 636. The Labute approximate surface area is 115 Å². The Hall–Kier alpha value is -2.15. The number of hydrogen-bond donors (Lipinski definition) is 1. The molecule has 0 bridgehead atoms. The Balaban J connectivity index is 1.64. The number of oxazole rings is 1. The fourth-order valence-electron chi connectivity index (χ4n) is 2.14. The van der Waals surface area contributed by atoms with E-state index in [9.17, 15) is 10.1 Å². The third-order valence-corrected chi connectivity index (χ3v) is 3.49. The number of aromatic nitrogens is 1. The highest BCUT2D eigenvalue weighted by molar-refractivity contribution is 5.77. The van der Waals surface area contributed by atoms with E-state index in [-0.39, 0.29) is 5.69 Å². The van der Waals surface area contributed by atoms with Crippen molar-refractivity contribution in [2.24, 2.45) is 0 Å². The molecule has 1 fully saturated rings. The molecule has 1 saturated carbocycles. The van der Waals surface area contributed by atoms with Crippen molar-refractivity contribution in [2.75, 3.05) is 25.5 Å². The van der Waals surface area contributed by atoms with Crippen LogP contribution < -0.4 is 5.32 Å². The molecule has 0 atom stereocenters. The van der Waals surface area contributed by atoms with Gasteiger partial charge in [-0.1, -0.05) is 0 Å². The lowest BCUT2D eigenvalue weighted by Gasteiger charge is -2.14. The minimum Gasteiger partial charge on any atom is -0.424 e. The van der Waals surface area contributed by atoms with Gasteiger partial charge in [-0.05, 0) is 26.0 Å². The molecule has 3 rings (SSSR count). The smallest absolute Gasteiger partial charge is 0.295 e. The number of non-ortho nitro benzene ring substituents is 1. The lowest BCUT2D eigenvalue weighted by atomic mass is 10.3. The van der Waals surface area contributed by atoms with Gasteiger partial charge in [-0.3, -0.25) is 10.1 Å². The Morgan fingerprint density at radius 2 is 2.35 bits per heavy atom. The summed E-state index contributed by atoms with van der Waals surface area (Å²) in [6.45, 7) is 1.66. The Morgan fingerprint density at radius 3 is 3.05 bits per heavy atom. The first-order valence-corrected chi connectivity index (χ1v) is 6.62. The average molecular weight is 276 g/mol. The second kappa shape index (κ2) is 5.09. The van der Waals surface area contributed by atoms with Gasteiger partial charge in [-0.15, -0.1) is 0 Å². The molecule has 2 aromatic rings. The summed E-state index contributed by atoms with van der Waals surface area (Å²) in [7, 11) is 2.11. The van der Waals surface area contributed by atoms with Gasteiger partial charge < -0.3 is 14.6 Å². The van der Waals surface area contributed by atoms with E-state index in [1.165, 1.54) is 25.0 Å². The molecule has 1 aliphatic carbocycles. The zero-order valence-electron chi connectivity index (χ0n) is 11.2. The third-order valence-electron chi connectivity index (χ3n) is 3.49. The van der Waals surface area contributed by atoms with E-state index in [0.717, 1.165) is 19.1 Å². The Kier molecular flexibility index (Phi) is 3.27. The van der Waals surface area contributed by atoms with Crippen molar-refractivity contribution in [3.05, 3.63) is 28.3 Å². The fourth-order valence-corrected chi connectivity index (χ4v) is 2.14. The maximum atomic E-state index is 10.7. The number of nitrogens with zero attached hydrogens (tertiary/aromatic N) is 3. The second-order valence-corrected chi connectivity index (χ2v) is 5.07. The summed E-state index contributed by atoms with van der Waals surface area (Å²) in [5, 5.41) is 13.8. The van der Waals surface area contributed by atoms with Crippen LogP contribution in [0.1, 0.15) is 12.8 Å². The summed E-state index contributed by atoms with van der Waals surface area (Å²) in [4.78, 5) is 16.8. The maximum absolute atomic E-state index is 10.7. The quantitative estimate of drug-likeness (QED) is 0.643. The monoisotopic (exact) mass is 276 g/mol. The van der Waals surface area contributed by atoms with Crippen LogP contribution in [0.2, 0.25) is 0 Å². The molecule has 106 valence electrons. The molecule has 1 aromatic carbocycles.